The predicted molar refractivity (Wildman–Crippen MR) is 108 cm³/mol. The first kappa shape index (κ1) is 18.0. The molecule has 1 atom stereocenters. The van der Waals surface area contributed by atoms with Gasteiger partial charge in [-0.3, -0.25) is 4.79 Å². The van der Waals surface area contributed by atoms with Crippen LogP contribution in [-0.2, 0) is 25.9 Å². The second kappa shape index (κ2) is 7.31. The third-order valence-corrected chi connectivity index (χ3v) is 6.91. The third-order valence-electron chi connectivity index (χ3n) is 4.87. The number of aromatic amines is 1. The molecule has 1 aliphatic carbocycles. The SMILES string of the molecule is C[NH+](Cc1nc2sc3c(c2c(=O)[nH]1)CCCC3)Cc1cccc(Cl)c1Cl. The molecule has 136 valence electrons. The summed E-state index contributed by atoms with van der Waals surface area (Å²) < 4.78 is 0. The molecule has 2 aromatic heterocycles. The highest BCUT2D eigenvalue weighted by Crippen LogP contribution is 2.33. The number of aryl methyl sites for hydroxylation is 2. The van der Waals surface area contributed by atoms with Crippen molar-refractivity contribution < 1.29 is 4.90 Å². The first-order chi connectivity index (χ1) is 12.5. The number of nitrogens with zero attached hydrogens (tertiary/aromatic N) is 1. The Bertz CT molecular complexity index is 1030. The monoisotopic (exact) mass is 408 g/mol. The summed E-state index contributed by atoms with van der Waals surface area (Å²) in [6.45, 7) is 1.33. The van der Waals surface area contributed by atoms with E-state index in [1.54, 1.807) is 17.4 Å². The highest BCUT2D eigenvalue weighted by molar-refractivity contribution is 7.18. The van der Waals surface area contributed by atoms with Crippen LogP contribution >= 0.6 is 34.5 Å². The van der Waals surface area contributed by atoms with Gasteiger partial charge in [0, 0.05) is 10.4 Å². The third kappa shape index (κ3) is 3.41. The molecule has 1 aliphatic rings. The summed E-state index contributed by atoms with van der Waals surface area (Å²) >= 11 is 14.1. The predicted octanol–water partition coefficient (Wildman–Crippen LogP) is 3.39. The Morgan fingerprint density at radius 2 is 2.04 bits per heavy atom. The normalized spacial score (nSPS) is 15.2. The number of aromatic nitrogens is 2. The Hall–Kier alpha value is -1.40. The van der Waals surface area contributed by atoms with E-state index in [1.165, 1.54) is 21.8 Å². The molecule has 0 saturated heterocycles. The van der Waals surface area contributed by atoms with E-state index in [0.29, 0.717) is 23.1 Å². The summed E-state index contributed by atoms with van der Waals surface area (Å²) in [6, 6.07) is 5.66. The van der Waals surface area contributed by atoms with E-state index in [2.05, 4.69) is 12.0 Å². The van der Waals surface area contributed by atoms with Gasteiger partial charge < -0.3 is 9.88 Å². The Morgan fingerprint density at radius 3 is 2.88 bits per heavy atom. The van der Waals surface area contributed by atoms with Crippen molar-refractivity contribution >= 4 is 44.8 Å². The van der Waals surface area contributed by atoms with Gasteiger partial charge in [-0.15, -0.1) is 11.3 Å². The zero-order chi connectivity index (χ0) is 18.3. The summed E-state index contributed by atoms with van der Waals surface area (Å²) in [7, 11) is 2.06. The number of quaternary nitrogens is 1. The standard InChI is InChI=1S/C19H19Cl2N3OS/c1-24(9-11-5-4-7-13(20)17(11)21)10-15-22-18(25)16-12-6-2-3-8-14(12)26-19(16)23-15/h4-5,7H,2-3,6,8-10H2,1H3,(H,22,23,25)/p+1. The minimum absolute atomic E-state index is 0.00186. The maximum atomic E-state index is 12.6. The first-order valence-electron chi connectivity index (χ1n) is 8.80. The molecule has 2 N–H and O–H groups in total. The average Bonchev–Trinajstić information content (AvgIpc) is 2.97. The number of rotatable bonds is 4. The fourth-order valence-corrected chi connectivity index (χ4v) is 5.32. The molecular formula is C19H20Cl2N3OS+. The molecule has 0 bridgehead atoms. The van der Waals surface area contributed by atoms with Gasteiger partial charge in [0.15, 0.2) is 5.82 Å². The average molecular weight is 409 g/mol. The molecule has 0 aliphatic heterocycles. The van der Waals surface area contributed by atoms with Gasteiger partial charge in [0.25, 0.3) is 5.56 Å². The van der Waals surface area contributed by atoms with Crippen LogP contribution in [0.1, 0.15) is 34.7 Å². The van der Waals surface area contributed by atoms with E-state index >= 15 is 0 Å². The zero-order valence-electron chi connectivity index (χ0n) is 14.5. The van der Waals surface area contributed by atoms with Crippen LogP contribution in [0.3, 0.4) is 0 Å². The number of fused-ring (bicyclic) bond motifs is 3. The smallest absolute Gasteiger partial charge is 0.260 e. The van der Waals surface area contributed by atoms with E-state index in [4.69, 9.17) is 28.2 Å². The fraction of sp³-hybridized carbons (Fsp3) is 0.368. The molecule has 0 fully saturated rings. The molecule has 4 rings (SSSR count). The summed E-state index contributed by atoms with van der Waals surface area (Å²) in [4.78, 5) is 23.8. The fourth-order valence-electron chi connectivity index (χ4n) is 3.65. The van der Waals surface area contributed by atoms with Crippen molar-refractivity contribution in [3.63, 3.8) is 0 Å². The molecule has 4 nitrogen and oxygen atoms in total. The van der Waals surface area contributed by atoms with Crippen molar-refractivity contribution in [3.05, 3.63) is 60.4 Å². The molecule has 26 heavy (non-hydrogen) atoms. The highest BCUT2D eigenvalue weighted by Gasteiger charge is 2.20. The van der Waals surface area contributed by atoms with Crippen LogP contribution in [-0.4, -0.2) is 17.0 Å². The largest absolute Gasteiger partial charge is 0.327 e. The van der Waals surface area contributed by atoms with Crippen molar-refractivity contribution in [3.8, 4) is 0 Å². The van der Waals surface area contributed by atoms with Crippen molar-refractivity contribution in [2.75, 3.05) is 7.05 Å². The minimum Gasteiger partial charge on any atom is -0.327 e. The van der Waals surface area contributed by atoms with Crippen molar-refractivity contribution in [1.82, 2.24) is 9.97 Å². The van der Waals surface area contributed by atoms with Gasteiger partial charge >= 0.3 is 0 Å². The summed E-state index contributed by atoms with van der Waals surface area (Å²) in [5.74, 6) is 0.719. The number of benzene rings is 1. The molecular weight excluding hydrogens is 389 g/mol. The van der Waals surface area contributed by atoms with Crippen LogP contribution < -0.4 is 10.5 Å². The van der Waals surface area contributed by atoms with Gasteiger partial charge in [0.2, 0.25) is 0 Å². The van der Waals surface area contributed by atoms with E-state index in [1.807, 2.05) is 12.1 Å². The van der Waals surface area contributed by atoms with Crippen LogP contribution in [0.15, 0.2) is 23.0 Å². The van der Waals surface area contributed by atoms with Gasteiger partial charge in [0.05, 0.1) is 22.5 Å². The second-order valence-electron chi connectivity index (χ2n) is 6.93. The van der Waals surface area contributed by atoms with Gasteiger partial charge in [-0.05, 0) is 37.3 Å². The molecule has 2 heterocycles. The van der Waals surface area contributed by atoms with E-state index in [-0.39, 0.29) is 5.56 Å². The van der Waals surface area contributed by atoms with E-state index in [9.17, 15) is 4.79 Å². The van der Waals surface area contributed by atoms with Gasteiger partial charge in [-0.1, -0.05) is 35.3 Å². The molecule has 0 spiro atoms. The molecule has 0 amide bonds. The van der Waals surface area contributed by atoms with Gasteiger partial charge in [0.1, 0.15) is 17.9 Å². The number of hydrogen-bond donors (Lipinski definition) is 2. The summed E-state index contributed by atoms with van der Waals surface area (Å²) in [6.07, 6.45) is 4.44. The number of H-pyrrole nitrogens is 1. The number of halogens is 2. The maximum absolute atomic E-state index is 12.6. The number of nitrogens with one attached hydrogen (secondary N) is 2. The summed E-state index contributed by atoms with van der Waals surface area (Å²) in [5, 5.41) is 1.97. The lowest BCUT2D eigenvalue weighted by Gasteiger charge is -2.15. The lowest BCUT2D eigenvalue weighted by Crippen LogP contribution is -3.06. The second-order valence-corrected chi connectivity index (χ2v) is 8.80. The Labute approximate surface area is 165 Å². The van der Waals surface area contributed by atoms with E-state index < -0.39 is 0 Å². The Kier molecular flexibility index (Phi) is 5.06. The van der Waals surface area contributed by atoms with Crippen LogP contribution in [0.4, 0.5) is 0 Å². The topological polar surface area (TPSA) is 50.2 Å². The molecule has 1 aromatic carbocycles. The van der Waals surface area contributed by atoms with Crippen LogP contribution in [0.5, 0.6) is 0 Å². The highest BCUT2D eigenvalue weighted by atomic mass is 35.5. The van der Waals surface area contributed by atoms with Crippen LogP contribution in [0.2, 0.25) is 10.0 Å². The van der Waals surface area contributed by atoms with Crippen molar-refractivity contribution in [2.24, 2.45) is 0 Å². The molecule has 3 aromatic rings. The van der Waals surface area contributed by atoms with Crippen molar-refractivity contribution in [2.45, 2.75) is 38.8 Å². The molecule has 7 heteroatoms. The zero-order valence-corrected chi connectivity index (χ0v) is 16.8. The van der Waals surface area contributed by atoms with Gasteiger partial charge in [-0.2, -0.15) is 0 Å². The van der Waals surface area contributed by atoms with Gasteiger partial charge in [-0.25, -0.2) is 4.98 Å². The first-order valence-corrected chi connectivity index (χ1v) is 10.4. The van der Waals surface area contributed by atoms with Crippen LogP contribution in [0.25, 0.3) is 10.2 Å². The number of hydrogen-bond acceptors (Lipinski definition) is 3. The van der Waals surface area contributed by atoms with Crippen molar-refractivity contribution in [1.29, 1.82) is 0 Å². The maximum Gasteiger partial charge on any atom is 0.260 e. The minimum atomic E-state index is -0.00186. The molecule has 0 saturated carbocycles. The Balaban J connectivity index is 1.59. The van der Waals surface area contributed by atoms with E-state index in [0.717, 1.165) is 40.9 Å². The lowest BCUT2D eigenvalue weighted by atomic mass is 9.97. The quantitative estimate of drug-likeness (QED) is 0.694. The lowest BCUT2D eigenvalue weighted by molar-refractivity contribution is -0.908. The van der Waals surface area contributed by atoms with Crippen LogP contribution in [0, 0.1) is 0 Å². The summed E-state index contributed by atoms with van der Waals surface area (Å²) in [5.41, 5.74) is 2.22. The number of thiophene rings is 1. The molecule has 0 radical (unpaired) electrons. The Morgan fingerprint density at radius 1 is 1.23 bits per heavy atom. The molecule has 1 unspecified atom stereocenters.